The summed E-state index contributed by atoms with van der Waals surface area (Å²) in [5.74, 6) is -1.74. The van der Waals surface area contributed by atoms with Crippen LogP contribution in [0.3, 0.4) is 0 Å². The van der Waals surface area contributed by atoms with E-state index in [0.717, 1.165) is 16.4 Å². The SMILES string of the molecule is Cl.NC1CCN(S(=O)(=O)c2cc(F)ccc2F)C1. The molecule has 8 heteroatoms. The Morgan fingerprint density at radius 2 is 2.00 bits per heavy atom. The van der Waals surface area contributed by atoms with Gasteiger partial charge in [0.05, 0.1) is 0 Å². The highest BCUT2D eigenvalue weighted by Gasteiger charge is 2.32. The Morgan fingerprint density at radius 3 is 2.56 bits per heavy atom. The Labute approximate surface area is 110 Å². The summed E-state index contributed by atoms with van der Waals surface area (Å²) >= 11 is 0. The van der Waals surface area contributed by atoms with E-state index in [1.165, 1.54) is 0 Å². The monoisotopic (exact) mass is 298 g/mol. The van der Waals surface area contributed by atoms with Gasteiger partial charge in [-0.25, -0.2) is 17.2 Å². The van der Waals surface area contributed by atoms with Crippen LogP contribution >= 0.6 is 12.4 Å². The highest BCUT2D eigenvalue weighted by atomic mass is 35.5. The van der Waals surface area contributed by atoms with Gasteiger partial charge >= 0.3 is 0 Å². The van der Waals surface area contributed by atoms with E-state index in [9.17, 15) is 17.2 Å². The van der Waals surface area contributed by atoms with E-state index in [0.29, 0.717) is 12.5 Å². The zero-order valence-electron chi connectivity index (χ0n) is 9.34. The molecule has 2 rings (SSSR count). The number of rotatable bonds is 2. The largest absolute Gasteiger partial charge is 0.326 e. The van der Waals surface area contributed by atoms with Gasteiger partial charge in [-0.05, 0) is 24.6 Å². The maximum absolute atomic E-state index is 13.4. The van der Waals surface area contributed by atoms with Crippen molar-refractivity contribution in [2.75, 3.05) is 13.1 Å². The van der Waals surface area contributed by atoms with Crippen LogP contribution in [-0.2, 0) is 10.0 Å². The Bertz CT molecular complexity index is 539. The van der Waals surface area contributed by atoms with Crippen LogP contribution in [0, 0.1) is 11.6 Å². The molecule has 0 aromatic heterocycles. The number of nitrogens with zero attached hydrogens (tertiary/aromatic N) is 1. The van der Waals surface area contributed by atoms with Crippen LogP contribution in [0.1, 0.15) is 6.42 Å². The molecule has 1 aliphatic heterocycles. The van der Waals surface area contributed by atoms with Gasteiger partial charge in [0.15, 0.2) is 0 Å². The van der Waals surface area contributed by atoms with Crippen molar-refractivity contribution in [2.45, 2.75) is 17.4 Å². The summed E-state index contributed by atoms with van der Waals surface area (Å²) in [5.41, 5.74) is 5.59. The molecule has 2 N–H and O–H groups in total. The van der Waals surface area contributed by atoms with Gasteiger partial charge in [-0.15, -0.1) is 12.4 Å². The molecule has 0 saturated carbocycles. The van der Waals surface area contributed by atoms with Crippen LogP contribution < -0.4 is 5.73 Å². The third-order valence-electron chi connectivity index (χ3n) is 2.70. The lowest BCUT2D eigenvalue weighted by Gasteiger charge is -2.16. The topological polar surface area (TPSA) is 63.4 Å². The van der Waals surface area contributed by atoms with E-state index in [-0.39, 0.29) is 31.5 Å². The molecule has 0 bridgehead atoms. The van der Waals surface area contributed by atoms with Gasteiger partial charge in [0, 0.05) is 19.1 Å². The van der Waals surface area contributed by atoms with E-state index in [4.69, 9.17) is 5.73 Å². The molecule has 1 unspecified atom stereocenters. The molecular formula is C10H13ClF2N2O2S. The van der Waals surface area contributed by atoms with Crippen LogP contribution in [0.25, 0.3) is 0 Å². The van der Waals surface area contributed by atoms with Crippen molar-refractivity contribution in [2.24, 2.45) is 5.73 Å². The first kappa shape index (κ1) is 15.3. The van der Waals surface area contributed by atoms with E-state index in [1.54, 1.807) is 0 Å². The minimum Gasteiger partial charge on any atom is -0.326 e. The van der Waals surface area contributed by atoms with E-state index in [2.05, 4.69) is 0 Å². The molecule has 1 aromatic carbocycles. The molecule has 0 aliphatic carbocycles. The number of halogens is 3. The van der Waals surface area contributed by atoms with Gasteiger partial charge in [0.2, 0.25) is 10.0 Å². The number of sulfonamides is 1. The van der Waals surface area contributed by atoms with Crippen LogP contribution in [0.5, 0.6) is 0 Å². The van der Waals surface area contributed by atoms with Crippen LogP contribution in [0.2, 0.25) is 0 Å². The first-order chi connectivity index (χ1) is 7.91. The number of nitrogens with two attached hydrogens (primary N) is 1. The summed E-state index contributed by atoms with van der Waals surface area (Å²) in [6.07, 6.45) is 0.524. The second kappa shape index (κ2) is 5.48. The Balaban J connectivity index is 0.00000162. The third kappa shape index (κ3) is 2.80. The van der Waals surface area contributed by atoms with Gasteiger partial charge in [-0.3, -0.25) is 0 Å². The minimum atomic E-state index is -3.99. The van der Waals surface area contributed by atoms with Crippen molar-refractivity contribution in [1.29, 1.82) is 0 Å². The molecule has 1 heterocycles. The van der Waals surface area contributed by atoms with Gasteiger partial charge in [0.1, 0.15) is 16.5 Å². The molecule has 0 amide bonds. The molecule has 1 saturated heterocycles. The van der Waals surface area contributed by atoms with Crippen molar-refractivity contribution < 1.29 is 17.2 Å². The van der Waals surface area contributed by atoms with Gasteiger partial charge in [-0.1, -0.05) is 0 Å². The smallest absolute Gasteiger partial charge is 0.246 e. The summed E-state index contributed by atoms with van der Waals surface area (Å²) in [7, 11) is -3.99. The van der Waals surface area contributed by atoms with Crippen molar-refractivity contribution in [1.82, 2.24) is 4.31 Å². The molecule has 1 aliphatic rings. The molecule has 18 heavy (non-hydrogen) atoms. The summed E-state index contributed by atoms with van der Waals surface area (Å²) < 4.78 is 51.5. The van der Waals surface area contributed by atoms with Crippen LogP contribution in [0.15, 0.2) is 23.1 Å². The average molecular weight is 299 g/mol. The van der Waals surface area contributed by atoms with E-state index >= 15 is 0 Å². The fraction of sp³-hybridized carbons (Fsp3) is 0.400. The first-order valence-corrected chi connectivity index (χ1v) is 6.56. The Kier molecular flexibility index (Phi) is 4.66. The Hall–Kier alpha value is -0.760. The lowest BCUT2D eigenvalue weighted by Crippen LogP contribution is -2.32. The maximum atomic E-state index is 13.4. The van der Waals surface area contributed by atoms with Gasteiger partial charge < -0.3 is 5.73 Å². The maximum Gasteiger partial charge on any atom is 0.246 e. The van der Waals surface area contributed by atoms with Crippen LogP contribution in [0.4, 0.5) is 8.78 Å². The minimum absolute atomic E-state index is 0. The fourth-order valence-corrected chi connectivity index (χ4v) is 3.37. The number of hydrogen-bond acceptors (Lipinski definition) is 3. The standard InChI is InChI=1S/C10H12F2N2O2S.ClH/c11-7-1-2-9(12)10(5-7)17(15,16)14-4-3-8(13)6-14;/h1-2,5,8H,3-4,6,13H2;1H. The molecule has 1 atom stereocenters. The molecule has 0 radical (unpaired) electrons. The lowest BCUT2D eigenvalue weighted by molar-refractivity contribution is 0.463. The lowest BCUT2D eigenvalue weighted by atomic mass is 10.3. The van der Waals surface area contributed by atoms with Gasteiger partial charge in [-0.2, -0.15) is 4.31 Å². The summed E-state index contributed by atoms with van der Waals surface area (Å²) in [6.45, 7) is 0.373. The fourth-order valence-electron chi connectivity index (χ4n) is 1.79. The average Bonchev–Trinajstić information content (AvgIpc) is 2.69. The summed E-state index contributed by atoms with van der Waals surface area (Å²) in [5, 5.41) is 0. The van der Waals surface area contributed by atoms with Crippen LogP contribution in [-0.4, -0.2) is 31.9 Å². The second-order valence-corrected chi connectivity index (χ2v) is 5.89. The molecule has 4 nitrogen and oxygen atoms in total. The summed E-state index contributed by atoms with van der Waals surface area (Å²) in [4.78, 5) is -0.633. The van der Waals surface area contributed by atoms with Crippen molar-refractivity contribution in [3.8, 4) is 0 Å². The van der Waals surface area contributed by atoms with Crippen molar-refractivity contribution in [3.05, 3.63) is 29.8 Å². The number of benzene rings is 1. The normalized spacial score (nSPS) is 20.7. The van der Waals surface area contributed by atoms with Gasteiger partial charge in [0.25, 0.3) is 0 Å². The van der Waals surface area contributed by atoms with E-state index in [1.807, 2.05) is 0 Å². The second-order valence-electron chi connectivity index (χ2n) is 3.99. The molecular weight excluding hydrogens is 286 g/mol. The number of hydrogen-bond donors (Lipinski definition) is 1. The third-order valence-corrected chi connectivity index (χ3v) is 4.58. The zero-order valence-corrected chi connectivity index (χ0v) is 11.0. The molecule has 1 fully saturated rings. The highest BCUT2D eigenvalue weighted by molar-refractivity contribution is 7.89. The highest BCUT2D eigenvalue weighted by Crippen LogP contribution is 2.23. The van der Waals surface area contributed by atoms with E-state index < -0.39 is 26.6 Å². The molecule has 0 spiro atoms. The summed E-state index contributed by atoms with van der Waals surface area (Å²) in [6, 6.07) is 2.12. The predicted octanol–water partition coefficient (Wildman–Crippen LogP) is 1.11. The molecule has 1 aromatic rings. The first-order valence-electron chi connectivity index (χ1n) is 5.12. The Morgan fingerprint density at radius 1 is 1.33 bits per heavy atom. The quantitative estimate of drug-likeness (QED) is 0.889. The van der Waals surface area contributed by atoms with Crippen molar-refractivity contribution in [3.63, 3.8) is 0 Å². The van der Waals surface area contributed by atoms with Crippen molar-refractivity contribution >= 4 is 22.4 Å². The zero-order chi connectivity index (χ0) is 12.6. The molecule has 102 valence electrons. The predicted molar refractivity (Wildman–Crippen MR) is 65.0 cm³/mol.